The number of hydrogen-bond donors (Lipinski definition) is 1. The molecule has 5 heteroatoms. The molecule has 0 aromatic carbocycles. The van der Waals surface area contributed by atoms with E-state index in [-0.39, 0.29) is 5.75 Å². The molecule has 1 saturated heterocycles. The molecule has 1 aliphatic heterocycles. The van der Waals surface area contributed by atoms with Crippen molar-refractivity contribution in [2.24, 2.45) is 0 Å². The third-order valence-corrected chi connectivity index (χ3v) is 5.14. The first kappa shape index (κ1) is 10.7. The molecule has 1 aromatic rings. The quantitative estimate of drug-likeness (QED) is 0.831. The molecule has 1 N–H and O–H groups in total. The zero-order chi connectivity index (χ0) is 10.9. The van der Waals surface area contributed by atoms with E-state index in [9.17, 15) is 13.5 Å². The van der Waals surface area contributed by atoms with Crippen LogP contribution in [0.4, 0.5) is 0 Å². The van der Waals surface area contributed by atoms with Crippen LogP contribution >= 0.6 is 0 Å². The summed E-state index contributed by atoms with van der Waals surface area (Å²) in [5.74, 6) is 0.187. The number of aliphatic hydroxyl groups is 1. The van der Waals surface area contributed by atoms with Gasteiger partial charge in [-0.05, 0) is 18.9 Å². The van der Waals surface area contributed by atoms with Gasteiger partial charge >= 0.3 is 0 Å². The molecule has 0 spiro atoms. The highest BCUT2D eigenvalue weighted by Gasteiger charge is 2.35. The van der Waals surface area contributed by atoms with Gasteiger partial charge in [0.2, 0.25) is 0 Å². The SMILES string of the molecule is O=S1(=O)CCCCC1C(O)c1ccoc1. The van der Waals surface area contributed by atoms with Crippen molar-refractivity contribution in [2.45, 2.75) is 30.6 Å². The van der Waals surface area contributed by atoms with Gasteiger partial charge < -0.3 is 9.52 Å². The molecule has 2 rings (SSSR count). The summed E-state index contributed by atoms with van der Waals surface area (Å²) in [6.45, 7) is 0. The molecule has 15 heavy (non-hydrogen) atoms. The number of furan rings is 1. The maximum absolute atomic E-state index is 11.7. The Morgan fingerprint density at radius 3 is 2.87 bits per heavy atom. The van der Waals surface area contributed by atoms with Crippen molar-refractivity contribution >= 4 is 9.84 Å². The first-order chi connectivity index (χ1) is 7.11. The van der Waals surface area contributed by atoms with Gasteiger partial charge in [-0.3, -0.25) is 0 Å². The van der Waals surface area contributed by atoms with Crippen LogP contribution < -0.4 is 0 Å². The molecule has 1 fully saturated rings. The molecular formula is C10H14O4S. The molecule has 1 aliphatic rings. The van der Waals surface area contributed by atoms with E-state index in [1.54, 1.807) is 6.07 Å². The molecule has 2 heterocycles. The van der Waals surface area contributed by atoms with E-state index in [0.29, 0.717) is 18.4 Å². The predicted molar refractivity (Wildman–Crippen MR) is 55.1 cm³/mol. The molecule has 0 aliphatic carbocycles. The highest BCUT2D eigenvalue weighted by molar-refractivity contribution is 7.92. The van der Waals surface area contributed by atoms with Crippen molar-refractivity contribution in [2.75, 3.05) is 5.75 Å². The van der Waals surface area contributed by atoms with Gasteiger partial charge in [0.15, 0.2) is 9.84 Å². The fourth-order valence-corrected chi connectivity index (χ4v) is 3.98. The minimum absolute atomic E-state index is 0.187. The highest BCUT2D eigenvalue weighted by Crippen LogP contribution is 2.30. The second-order valence-electron chi connectivity index (χ2n) is 3.90. The van der Waals surface area contributed by atoms with Crippen LogP contribution in [0.1, 0.15) is 30.9 Å². The maximum atomic E-state index is 11.7. The van der Waals surface area contributed by atoms with E-state index < -0.39 is 21.2 Å². The third kappa shape index (κ3) is 2.08. The van der Waals surface area contributed by atoms with Crippen LogP contribution in [0.15, 0.2) is 23.0 Å². The van der Waals surface area contributed by atoms with Crippen LogP contribution in [0, 0.1) is 0 Å². The number of aliphatic hydroxyl groups excluding tert-OH is 1. The van der Waals surface area contributed by atoms with Gasteiger partial charge in [0, 0.05) is 5.56 Å². The molecule has 0 saturated carbocycles. The van der Waals surface area contributed by atoms with Gasteiger partial charge in [0.1, 0.15) is 0 Å². The smallest absolute Gasteiger partial charge is 0.156 e. The van der Waals surface area contributed by atoms with Crippen LogP contribution in [0.5, 0.6) is 0 Å². The van der Waals surface area contributed by atoms with Crippen LogP contribution in [0.25, 0.3) is 0 Å². The summed E-state index contributed by atoms with van der Waals surface area (Å²) in [6.07, 6.45) is 3.99. The lowest BCUT2D eigenvalue weighted by Crippen LogP contribution is -2.33. The van der Waals surface area contributed by atoms with Crippen LogP contribution in [-0.4, -0.2) is 24.5 Å². The Balaban J connectivity index is 2.23. The van der Waals surface area contributed by atoms with E-state index in [1.165, 1.54) is 12.5 Å². The van der Waals surface area contributed by atoms with Gasteiger partial charge in [-0.1, -0.05) is 6.42 Å². The predicted octanol–water partition coefficient (Wildman–Crippen LogP) is 1.28. The molecule has 2 atom stereocenters. The summed E-state index contributed by atoms with van der Waals surface area (Å²) in [5.41, 5.74) is 0.547. The Labute approximate surface area is 88.8 Å². The van der Waals surface area contributed by atoms with Crippen molar-refractivity contribution in [1.29, 1.82) is 0 Å². The second kappa shape index (κ2) is 3.98. The second-order valence-corrected chi connectivity index (χ2v) is 6.24. The monoisotopic (exact) mass is 230 g/mol. The van der Waals surface area contributed by atoms with Gasteiger partial charge in [-0.15, -0.1) is 0 Å². The van der Waals surface area contributed by atoms with Gasteiger partial charge in [0.25, 0.3) is 0 Å². The topological polar surface area (TPSA) is 67.5 Å². The Kier molecular flexibility index (Phi) is 2.84. The Morgan fingerprint density at radius 1 is 1.47 bits per heavy atom. The van der Waals surface area contributed by atoms with Crippen molar-refractivity contribution in [3.05, 3.63) is 24.2 Å². The average Bonchev–Trinajstić information content (AvgIpc) is 2.69. The van der Waals surface area contributed by atoms with Crippen molar-refractivity contribution in [3.63, 3.8) is 0 Å². The Bertz CT molecular complexity index is 407. The van der Waals surface area contributed by atoms with E-state index >= 15 is 0 Å². The van der Waals surface area contributed by atoms with Crippen LogP contribution in [0.3, 0.4) is 0 Å². The largest absolute Gasteiger partial charge is 0.472 e. The first-order valence-electron chi connectivity index (χ1n) is 5.03. The van der Waals surface area contributed by atoms with E-state index in [1.807, 2.05) is 0 Å². The minimum Gasteiger partial charge on any atom is -0.472 e. The molecule has 0 bridgehead atoms. The van der Waals surface area contributed by atoms with Gasteiger partial charge in [-0.2, -0.15) is 0 Å². The molecule has 4 nitrogen and oxygen atoms in total. The fourth-order valence-electron chi connectivity index (χ4n) is 1.99. The number of rotatable bonds is 2. The molecule has 2 unspecified atom stereocenters. The van der Waals surface area contributed by atoms with E-state index in [2.05, 4.69) is 0 Å². The van der Waals surface area contributed by atoms with Crippen molar-refractivity contribution in [1.82, 2.24) is 0 Å². The Hall–Kier alpha value is -0.810. The number of hydrogen-bond acceptors (Lipinski definition) is 4. The van der Waals surface area contributed by atoms with Gasteiger partial charge in [0.05, 0.1) is 29.6 Å². The highest BCUT2D eigenvalue weighted by atomic mass is 32.2. The maximum Gasteiger partial charge on any atom is 0.156 e. The summed E-state index contributed by atoms with van der Waals surface area (Å²) in [5, 5.41) is 9.27. The standard InChI is InChI=1S/C10H14O4S/c11-10(8-4-5-14-7-8)9-3-1-2-6-15(9,12)13/h4-5,7,9-11H,1-3,6H2. The lowest BCUT2D eigenvalue weighted by atomic mass is 10.1. The van der Waals surface area contributed by atoms with Crippen molar-refractivity contribution < 1.29 is 17.9 Å². The van der Waals surface area contributed by atoms with E-state index in [0.717, 1.165) is 6.42 Å². The van der Waals surface area contributed by atoms with E-state index in [4.69, 9.17) is 4.42 Å². The molecule has 1 aromatic heterocycles. The van der Waals surface area contributed by atoms with Crippen LogP contribution in [0.2, 0.25) is 0 Å². The van der Waals surface area contributed by atoms with Crippen molar-refractivity contribution in [3.8, 4) is 0 Å². The zero-order valence-corrected chi connectivity index (χ0v) is 9.11. The lowest BCUT2D eigenvalue weighted by molar-refractivity contribution is 0.163. The molecule has 84 valence electrons. The summed E-state index contributed by atoms with van der Waals surface area (Å²) in [6, 6.07) is 1.61. The minimum atomic E-state index is -3.14. The van der Waals surface area contributed by atoms with Gasteiger partial charge in [-0.25, -0.2) is 8.42 Å². The summed E-state index contributed by atoms with van der Waals surface area (Å²) >= 11 is 0. The fraction of sp³-hybridized carbons (Fsp3) is 0.600. The molecule has 0 amide bonds. The summed E-state index contributed by atoms with van der Waals surface area (Å²) in [4.78, 5) is 0. The van der Waals surface area contributed by atoms with Crippen LogP contribution in [-0.2, 0) is 9.84 Å². The summed E-state index contributed by atoms with van der Waals surface area (Å²) < 4.78 is 28.3. The zero-order valence-electron chi connectivity index (χ0n) is 8.30. The third-order valence-electron chi connectivity index (χ3n) is 2.87. The first-order valence-corrected chi connectivity index (χ1v) is 6.74. The molecule has 0 radical (unpaired) electrons. The lowest BCUT2D eigenvalue weighted by Gasteiger charge is -2.25. The average molecular weight is 230 g/mol. The Morgan fingerprint density at radius 2 is 2.27 bits per heavy atom. The normalized spacial score (nSPS) is 27.4. The molecular weight excluding hydrogens is 216 g/mol. The number of sulfone groups is 1. The summed E-state index contributed by atoms with van der Waals surface area (Å²) in [7, 11) is -3.14.